The van der Waals surface area contributed by atoms with Crippen LogP contribution in [0.2, 0.25) is 0 Å². The number of carbonyl (C=O) groups excluding carboxylic acids is 1. The molecule has 2 aromatic carbocycles. The van der Waals surface area contributed by atoms with E-state index in [0.717, 1.165) is 15.6 Å². The van der Waals surface area contributed by atoms with Gasteiger partial charge >= 0.3 is 0 Å². The maximum atomic E-state index is 13.4. The Kier molecular flexibility index (Phi) is 8.86. The van der Waals surface area contributed by atoms with Gasteiger partial charge in [0, 0.05) is 20.2 Å². The van der Waals surface area contributed by atoms with Crippen LogP contribution in [0.15, 0.2) is 76.0 Å². The van der Waals surface area contributed by atoms with E-state index in [2.05, 4.69) is 0 Å². The van der Waals surface area contributed by atoms with Crippen molar-refractivity contribution in [3.8, 4) is 5.75 Å². The molecule has 182 valence electrons. The van der Waals surface area contributed by atoms with Crippen LogP contribution >= 0.6 is 0 Å². The summed E-state index contributed by atoms with van der Waals surface area (Å²) in [5, 5.41) is 0. The zero-order chi connectivity index (χ0) is 24.6. The number of sulfonamides is 1. The summed E-state index contributed by atoms with van der Waals surface area (Å²) in [7, 11) is -0.946. The van der Waals surface area contributed by atoms with E-state index in [-0.39, 0.29) is 37.0 Å². The second kappa shape index (κ2) is 11.8. The van der Waals surface area contributed by atoms with Gasteiger partial charge in [-0.25, -0.2) is 8.42 Å². The van der Waals surface area contributed by atoms with Crippen LogP contribution in [0.1, 0.15) is 17.1 Å². The Hall–Kier alpha value is -3.14. The maximum Gasteiger partial charge on any atom is 0.243 e. The van der Waals surface area contributed by atoms with Crippen molar-refractivity contribution in [2.45, 2.75) is 24.9 Å². The third-order valence-corrected chi connectivity index (χ3v) is 7.12. The lowest BCUT2D eigenvalue weighted by molar-refractivity contribution is -0.133. The van der Waals surface area contributed by atoms with Gasteiger partial charge in [-0.3, -0.25) is 4.79 Å². The van der Waals surface area contributed by atoms with E-state index in [0.29, 0.717) is 18.1 Å². The molecule has 0 fully saturated rings. The number of methoxy groups -OCH3 is 2. The summed E-state index contributed by atoms with van der Waals surface area (Å²) in [5.74, 6) is 1.57. The first-order chi connectivity index (χ1) is 16.3. The standard InChI is InChI=1S/C25H30N2O6S/c1-20-9-10-23(33-20)18-26(17-21-7-5-4-6-8-21)25(28)19-27(15-16-31-2)34(29,30)24-13-11-22(32-3)12-14-24/h4-14H,15-19H2,1-3H3. The summed E-state index contributed by atoms with van der Waals surface area (Å²) in [5.41, 5.74) is 0.931. The number of carbonyl (C=O) groups is 1. The van der Waals surface area contributed by atoms with E-state index in [1.54, 1.807) is 17.0 Å². The van der Waals surface area contributed by atoms with Crippen LogP contribution in [-0.2, 0) is 32.6 Å². The second-order valence-electron chi connectivity index (χ2n) is 7.75. The van der Waals surface area contributed by atoms with Gasteiger partial charge in [-0.1, -0.05) is 30.3 Å². The lowest BCUT2D eigenvalue weighted by atomic mass is 10.2. The fourth-order valence-corrected chi connectivity index (χ4v) is 4.79. The molecule has 0 aliphatic heterocycles. The van der Waals surface area contributed by atoms with Crippen LogP contribution in [0.3, 0.4) is 0 Å². The van der Waals surface area contributed by atoms with E-state index in [4.69, 9.17) is 13.9 Å². The summed E-state index contributed by atoms with van der Waals surface area (Å²) in [6.45, 7) is 2.24. The van der Waals surface area contributed by atoms with Crippen LogP contribution in [0.5, 0.6) is 5.75 Å². The van der Waals surface area contributed by atoms with Gasteiger partial charge in [0.05, 0.1) is 31.7 Å². The van der Waals surface area contributed by atoms with Gasteiger partial charge in [0.15, 0.2) is 0 Å². The molecule has 0 spiro atoms. The van der Waals surface area contributed by atoms with Gasteiger partial charge < -0.3 is 18.8 Å². The highest BCUT2D eigenvalue weighted by Gasteiger charge is 2.29. The molecule has 0 bridgehead atoms. The van der Waals surface area contributed by atoms with Crippen molar-refractivity contribution >= 4 is 15.9 Å². The molecule has 1 heterocycles. The molecule has 3 aromatic rings. The Morgan fingerprint density at radius 1 is 0.941 bits per heavy atom. The van der Waals surface area contributed by atoms with Crippen molar-refractivity contribution in [3.63, 3.8) is 0 Å². The molecule has 0 aliphatic carbocycles. The summed E-state index contributed by atoms with van der Waals surface area (Å²) < 4.78 is 43.8. The van der Waals surface area contributed by atoms with Gasteiger partial charge in [0.2, 0.25) is 15.9 Å². The number of rotatable bonds is 12. The second-order valence-corrected chi connectivity index (χ2v) is 9.69. The summed E-state index contributed by atoms with van der Waals surface area (Å²) in [6.07, 6.45) is 0. The molecule has 0 saturated heterocycles. The molecule has 3 rings (SSSR count). The lowest BCUT2D eigenvalue weighted by Crippen LogP contribution is -2.43. The molecule has 0 saturated carbocycles. The zero-order valence-electron chi connectivity index (χ0n) is 19.6. The SMILES string of the molecule is COCCN(CC(=O)N(Cc1ccccc1)Cc1ccc(C)o1)S(=O)(=O)c1ccc(OC)cc1. The number of benzene rings is 2. The zero-order valence-corrected chi connectivity index (χ0v) is 20.5. The number of hydrogen-bond donors (Lipinski definition) is 0. The molecule has 0 N–H and O–H groups in total. The average Bonchev–Trinajstić information content (AvgIpc) is 3.26. The number of aryl methyl sites for hydroxylation is 1. The van der Waals surface area contributed by atoms with Crippen LogP contribution in [0.4, 0.5) is 0 Å². The first kappa shape index (κ1) is 25.5. The van der Waals surface area contributed by atoms with Crippen LogP contribution in [0, 0.1) is 6.92 Å². The molecule has 1 amide bonds. The number of furan rings is 1. The first-order valence-electron chi connectivity index (χ1n) is 10.8. The van der Waals surface area contributed by atoms with Crippen LogP contribution < -0.4 is 4.74 Å². The molecule has 9 heteroatoms. The fourth-order valence-electron chi connectivity index (χ4n) is 3.42. The van der Waals surface area contributed by atoms with E-state index >= 15 is 0 Å². The van der Waals surface area contributed by atoms with Crippen molar-refractivity contribution in [2.24, 2.45) is 0 Å². The summed E-state index contributed by atoms with van der Waals surface area (Å²) in [6, 6.07) is 19.3. The first-order valence-corrected chi connectivity index (χ1v) is 12.3. The van der Waals surface area contributed by atoms with Crippen LogP contribution in [-0.4, -0.2) is 57.4 Å². The van der Waals surface area contributed by atoms with Gasteiger partial charge in [-0.2, -0.15) is 4.31 Å². The molecule has 0 unspecified atom stereocenters. The Morgan fingerprint density at radius 3 is 2.24 bits per heavy atom. The Bertz CT molecular complexity index is 1160. The van der Waals surface area contributed by atoms with Crippen molar-refractivity contribution in [1.29, 1.82) is 0 Å². The largest absolute Gasteiger partial charge is 0.497 e. The van der Waals surface area contributed by atoms with Crippen molar-refractivity contribution < 1.29 is 27.1 Å². The Morgan fingerprint density at radius 2 is 1.65 bits per heavy atom. The molecule has 8 nitrogen and oxygen atoms in total. The molecule has 0 aliphatic rings. The molecule has 1 aromatic heterocycles. The van der Waals surface area contributed by atoms with E-state index in [1.807, 2.05) is 49.4 Å². The van der Waals surface area contributed by atoms with Gasteiger partial charge in [0.25, 0.3) is 0 Å². The number of nitrogens with zero attached hydrogens (tertiary/aromatic N) is 2. The van der Waals surface area contributed by atoms with E-state index < -0.39 is 10.0 Å². The maximum absolute atomic E-state index is 13.4. The van der Waals surface area contributed by atoms with Crippen LogP contribution in [0.25, 0.3) is 0 Å². The molecular formula is C25H30N2O6S. The third-order valence-electron chi connectivity index (χ3n) is 5.27. The number of amides is 1. The smallest absolute Gasteiger partial charge is 0.243 e. The monoisotopic (exact) mass is 486 g/mol. The van der Waals surface area contributed by atoms with Crippen molar-refractivity contribution in [2.75, 3.05) is 33.9 Å². The van der Waals surface area contributed by atoms with Gasteiger partial charge in [0.1, 0.15) is 17.3 Å². The molecular weight excluding hydrogens is 456 g/mol. The normalized spacial score (nSPS) is 11.5. The summed E-state index contributed by atoms with van der Waals surface area (Å²) in [4.78, 5) is 15.1. The van der Waals surface area contributed by atoms with Crippen molar-refractivity contribution in [1.82, 2.24) is 9.21 Å². The highest BCUT2D eigenvalue weighted by atomic mass is 32.2. The minimum atomic E-state index is -3.94. The molecule has 0 atom stereocenters. The average molecular weight is 487 g/mol. The lowest BCUT2D eigenvalue weighted by Gasteiger charge is -2.27. The quantitative estimate of drug-likeness (QED) is 0.390. The highest BCUT2D eigenvalue weighted by Crippen LogP contribution is 2.20. The van der Waals surface area contributed by atoms with E-state index in [1.165, 1.54) is 26.4 Å². The molecule has 0 radical (unpaired) electrons. The minimum absolute atomic E-state index is 0.0373. The minimum Gasteiger partial charge on any atom is -0.497 e. The summed E-state index contributed by atoms with van der Waals surface area (Å²) >= 11 is 0. The predicted molar refractivity (Wildman–Crippen MR) is 128 cm³/mol. The van der Waals surface area contributed by atoms with Crippen molar-refractivity contribution in [3.05, 3.63) is 83.8 Å². The molecule has 34 heavy (non-hydrogen) atoms. The highest BCUT2D eigenvalue weighted by molar-refractivity contribution is 7.89. The number of hydrogen-bond acceptors (Lipinski definition) is 6. The van der Waals surface area contributed by atoms with Gasteiger partial charge in [-0.05, 0) is 48.9 Å². The van der Waals surface area contributed by atoms with Gasteiger partial charge in [-0.15, -0.1) is 0 Å². The predicted octanol–water partition coefficient (Wildman–Crippen LogP) is 3.46. The Balaban J connectivity index is 1.85. The van der Waals surface area contributed by atoms with E-state index in [9.17, 15) is 13.2 Å². The topological polar surface area (TPSA) is 89.3 Å². The Labute approximate surface area is 200 Å². The fraction of sp³-hybridized carbons (Fsp3) is 0.320. The third kappa shape index (κ3) is 6.69. The number of ether oxygens (including phenoxy) is 2.